The second-order valence-corrected chi connectivity index (χ2v) is 4.76. The van der Waals surface area contributed by atoms with Gasteiger partial charge in [-0.1, -0.05) is 15.9 Å². The van der Waals surface area contributed by atoms with Gasteiger partial charge in [-0.15, -0.1) is 11.6 Å². The van der Waals surface area contributed by atoms with Gasteiger partial charge in [-0.2, -0.15) is 0 Å². The molecule has 16 heavy (non-hydrogen) atoms. The first-order chi connectivity index (χ1) is 7.54. The van der Waals surface area contributed by atoms with E-state index in [2.05, 4.69) is 15.9 Å². The molecule has 1 N–H and O–H groups in total. The molecule has 0 atom stereocenters. The van der Waals surface area contributed by atoms with Gasteiger partial charge in [0.2, 0.25) is 5.91 Å². The van der Waals surface area contributed by atoms with E-state index in [0.29, 0.717) is 24.4 Å². The van der Waals surface area contributed by atoms with E-state index in [1.54, 1.807) is 30.1 Å². The number of nitrogens with zero attached hydrogens (tertiary/aromatic N) is 1. The van der Waals surface area contributed by atoms with E-state index in [0.717, 1.165) is 4.47 Å². The lowest BCUT2D eigenvalue weighted by Gasteiger charge is -2.17. The monoisotopic (exact) mass is 305 g/mol. The van der Waals surface area contributed by atoms with Crippen molar-refractivity contribution in [3.05, 3.63) is 28.2 Å². The summed E-state index contributed by atoms with van der Waals surface area (Å²) in [6, 6.07) is 5.14. The van der Waals surface area contributed by atoms with Gasteiger partial charge in [0.15, 0.2) is 0 Å². The maximum atomic E-state index is 11.5. The summed E-state index contributed by atoms with van der Waals surface area (Å²) in [4.78, 5) is 13.0. The predicted octanol–water partition coefficient (Wildman–Crippen LogP) is 2.74. The van der Waals surface area contributed by atoms with Crippen LogP contribution in [0, 0.1) is 0 Å². The van der Waals surface area contributed by atoms with E-state index in [9.17, 15) is 9.90 Å². The van der Waals surface area contributed by atoms with Crippen LogP contribution in [0.25, 0.3) is 0 Å². The third-order valence-corrected chi connectivity index (χ3v) is 2.87. The quantitative estimate of drug-likeness (QED) is 0.869. The molecule has 0 radical (unpaired) electrons. The molecule has 0 aromatic heterocycles. The number of phenolic OH excluding ortho intramolecular Hbond substituents is 1. The van der Waals surface area contributed by atoms with Gasteiger partial charge in [-0.3, -0.25) is 4.79 Å². The van der Waals surface area contributed by atoms with Gasteiger partial charge in [0, 0.05) is 35.9 Å². The van der Waals surface area contributed by atoms with Crippen molar-refractivity contribution in [2.24, 2.45) is 0 Å². The lowest BCUT2D eigenvalue weighted by Crippen LogP contribution is -2.26. The minimum atomic E-state index is -0.0330. The number of alkyl halides is 1. The van der Waals surface area contributed by atoms with Crippen LogP contribution in [-0.2, 0) is 11.3 Å². The number of rotatable bonds is 4. The van der Waals surface area contributed by atoms with Gasteiger partial charge in [0.05, 0.1) is 0 Å². The second-order valence-electron chi connectivity index (χ2n) is 3.46. The fourth-order valence-electron chi connectivity index (χ4n) is 1.30. The predicted molar refractivity (Wildman–Crippen MR) is 67.6 cm³/mol. The molecule has 5 heteroatoms. The molecule has 1 rings (SSSR count). The summed E-state index contributed by atoms with van der Waals surface area (Å²) in [7, 11) is 1.69. The highest BCUT2D eigenvalue weighted by atomic mass is 79.9. The Hall–Kier alpha value is -0.740. The lowest BCUT2D eigenvalue weighted by molar-refractivity contribution is -0.129. The number of aromatic hydroxyl groups is 1. The standard InChI is InChI=1S/C11H13BrClNO2/c1-14(11(16)4-5-13)7-8-6-9(12)2-3-10(8)15/h2-3,6,15H,4-5,7H2,1H3. The summed E-state index contributed by atoms with van der Waals surface area (Å²) in [5, 5.41) is 9.61. The highest BCUT2D eigenvalue weighted by Gasteiger charge is 2.10. The molecule has 0 heterocycles. The Morgan fingerprint density at radius 1 is 1.56 bits per heavy atom. The zero-order valence-corrected chi connectivity index (χ0v) is 11.3. The van der Waals surface area contributed by atoms with Crippen molar-refractivity contribution in [1.82, 2.24) is 4.90 Å². The number of halogens is 2. The summed E-state index contributed by atoms with van der Waals surface area (Å²) in [5.41, 5.74) is 0.708. The summed E-state index contributed by atoms with van der Waals surface area (Å²) in [6.07, 6.45) is 0.312. The van der Waals surface area contributed by atoms with Crippen LogP contribution in [0.1, 0.15) is 12.0 Å². The highest BCUT2D eigenvalue weighted by Crippen LogP contribution is 2.23. The average molecular weight is 307 g/mol. The third-order valence-electron chi connectivity index (χ3n) is 2.18. The smallest absolute Gasteiger partial charge is 0.223 e. The minimum Gasteiger partial charge on any atom is -0.508 e. The molecule has 1 aromatic rings. The fourth-order valence-corrected chi connectivity index (χ4v) is 1.87. The molecule has 0 aliphatic carbocycles. The van der Waals surface area contributed by atoms with Crippen molar-refractivity contribution in [3.63, 3.8) is 0 Å². The van der Waals surface area contributed by atoms with Gasteiger partial charge in [0.1, 0.15) is 5.75 Å². The van der Waals surface area contributed by atoms with E-state index in [1.165, 1.54) is 0 Å². The molecule has 0 spiro atoms. The number of amides is 1. The number of phenols is 1. The number of benzene rings is 1. The normalized spacial score (nSPS) is 10.2. The summed E-state index contributed by atoms with van der Waals surface area (Å²) in [5.74, 6) is 0.469. The maximum Gasteiger partial charge on any atom is 0.223 e. The van der Waals surface area contributed by atoms with Crippen LogP contribution in [0.2, 0.25) is 0 Å². The Kier molecular flexibility index (Phi) is 5.09. The maximum absolute atomic E-state index is 11.5. The molecule has 0 saturated heterocycles. The Morgan fingerprint density at radius 3 is 2.88 bits per heavy atom. The average Bonchev–Trinajstić information content (AvgIpc) is 2.23. The van der Waals surface area contributed by atoms with Gasteiger partial charge >= 0.3 is 0 Å². The third kappa shape index (κ3) is 3.68. The Morgan fingerprint density at radius 2 is 2.25 bits per heavy atom. The molecule has 1 amide bonds. The van der Waals surface area contributed by atoms with Gasteiger partial charge < -0.3 is 10.0 Å². The van der Waals surface area contributed by atoms with E-state index < -0.39 is 0 Å². The number of hydrogen-bond acceptors (Lipinski definition) is 2. The zero-order chi connectivity index (χ0) is 12.1. The van der Waals surface area contributed by atoms with Crippen LogP contribution in [-0.4, -0.2) is 28.8 Å². The molecule has 0 aliphatic heterocycles. The lowest BCUT2D eigenvalue weighted by atomic mass is 10.2. The summed E-state index contributed by atoms with van der Waals surface area (Å²) >= 11 is 8.81. The van der Waals surface area contributed by atoms with E-state index >= 15 is 0 Å². The van der Waals surface area contributed by atoms with Crippen molar-refractivity contribution in [3.8, 4) is 5.75 Å². The Balaban J connectivity index is 2.72. The minimum absolute atomic E-state index is 0.0330. The number of hydrogen-bond donors (Lipinski definition) is 1. The van der Waals surface area contributed by atoms with Crippen molar-refractivity contribution >= 4 is 33.4 Å². The molecule has 0 unspecified atom stereocenters. The fraction of sp³-hybridized carbons (Fsp3) is 0.364. The van der Waals surface area contributed by atoms with E-state index in [1.807, 2.05) is 0 Å². The first-order valence-corrected chi connectivity index (χ1v) is 6.14. The zero-order valence-electron chi connectivity index (χ0n) is 8.91. The molecule has 3 nitrogen and oxygen atoms in total. The molecule has 0 aliphatic rings. The van der Waals surface area contributed by atoms with Crippen LogP contribution in [0.5, 0.6) is 5.75 Å². The van der Waals surface area contributed by atoms with Crippen LogP contribution >= 0.6 is 27.5 Å². The first-order valence-electron chi connectivity index (χ1n) is 4.82. The topological polar surface area (TPSA) is 40.5 Å². The molecule has 0 saturated carbocycles. The van der Waals surface area contributed by atoms with Crippen molar-refractivity contribution < 1.29 is 9.90 Å². The van der Waals surface area contributed by atoms with E-state index in [4.69, 9.17) is 11.6 Å². The van der Waals surface area contributed by atoms with Crippen LogP contribution < -0.4 is 0 Å². The molecule has 1 aromatic carbocycles. The van der Waals surface area contributed by atoms with Crippen LogP contribution in [0.15, 0.2) is 22.7 Å². The van der Waals surface area contributed by atoms with Crippen LogP contribution in [0.3, 0.4) is 0 Å². The Bertz CT molecular complexity index is 384. The second kappa shape index (κ2) is 6.11. The van der Waals surface area contributed by atoms with Gasteiger partial charge in [-0.05, 0) is 18.2 Å². The van der Waals surface area contributed by atoms with E-state index in [-0.39, 0.29) is 11.7 Å². The van der Waals surface area contributed by atoms with Crippen molar-refractivity contribution in [2.75, 3.05) is 12.9 Å². The SMILES string of the molecule is CN(Cc1cc(Br)ccc1O)C(=O)CCCl. The van der Waals surface area contributed by atoms with Gasteiger partial charge in [-0.25, -0.2) is 0 Å². The molecular weight excluding hydrogens is 293 g/mol. The highest BCUT2D eigenvalue weighted by molar-refractivity contribution is 9.10. The molecule has 88 valence electrons. The van der Waals surface area contributed by atoms with Crippen LogP contribution in [0.4, 0.5) is 0 Å². The first kappa shape index (κ1) is 13.3. The molecule has 0 bridgehead atoms. The van der Waals surface area contributed by atoms with Crippen molar-refractivity contribution in [2.45, 2.75) is 13.0 Å². The molecule has 0 fully saturated rings. The van der Waals surface area contributed by atoms with Crippen molar-refractivity contribution in [1.29, 1.82) is 0 Å². The number of carbonyl (C=O) groups is 1. The molecular formula is C11H13BrClNO2. The Labute approximate surface area is 108 Å². The summed E-state index contributed by atoms with van der Waals surface area (Å²) < 4.78 is 0.874. The van der Waals surface area contributed by atoms with Gasteiger partial charge in [0.25, 0.3) is 0 Å². The largest absolute Gasteiger partial charge is 0.508 e. The number of carbonyl (C=O) groups excluding carboxylic acids is 1. The summed E-state index contributed by atoms with van der Waals surface area (Å²) in [6.45, 7) is 0.376.